The fourth-order valence-electron chi connectivity index (χ4n) is 6.79. The summed E-state index contributed by atoms with van der Waals surface area (Å²) in [4.78, 5) is 0. The van der Waals surface area contributed by atoms with Crippen molar-refractivity contribution in [3.8, 4) is 5.75 Å². The number of ether oxygens (including phenoxy) is 1. The number of alkyl halides is 3. The minimum Gasteiger partial charge on any atom is -0.399 e. The van der Waals surface area contributed by atoms with Crippen LogP contribution in [0.25, 0.3) is 0 Å². The Bertz CT molecular complexity index is 1520. The maximum Gasteiger partial charge on any atom is 0.573 e. The molecule has 3 aromatic rings. The van der Waals surface area contributed by atoms with Gasteiger partial charge in [0.15, 0.2) is 34.9 Å². The van der Waals surface area contributed by atoms with Crippen molar-refractivity contribution in [3.05, 3.63) is 98.4 Å². The van der Waals surface area contributed by atoms with Crippen LogP contribution in [0.3, 0.4) is 0 Å². The number of hydrogen-bond donors (Lipinski definition) is 0. The Hall–Kier alpha value is -3.24. The molecule has 1 unspecified atom stereocenters. The summed E-state index contributed by atoms with van der Waals surface area (Å²) in [6.45, 7) is 1.72. The van der Waals surface area contributed by atoms with Crippen molar-refractivity contribution in [2.45, 2.75) is 89.3 Å². The zero-order chi connectivity index (χ0) is 31.9. The van der Waals surface area contributed by atoms with Gasteiger partial charge in [0.1, 0.15) is 5.82 Å². The molecule has 44 heavy (non-hydrogen) atoms. The van der Waals surface area contributed by atoms with Crippen LogP contribution in [-0.4, -0.2) is 6.36 Å². The first kappa shape index (κ1) is 32.2. The molecule has 0 amide bonds. The molecular formula is C33H30F10O. The zero-order valence-electron chi connectivity index (χ0n) is 23.8. The van der Waals surface area contributed by atoms with Crippen molar-refractivity contribution in [2.24, 2.45) is 5.92 Å². The molecule has 0 spiro atoms. The first-order valence-electron chi connectivity index (χ1n) is 14.7. The van der Waals surface area contributed by atoms with E-state index in [1.54, 1.807) is 6.92 Å². The van der Waals surface area contributed by atoms with E-state index in [9.17, 15) is 30.7 Å². The normalized spacial score (nSPS) is 20.5. The average Bonchev–Trinajstić information content (AvgIpc) is 2.98. The fraction of sp³-hybridized carbons (Fsp3) is 0.455. The van der Waals surface area contributed by atoms with Gasteiger partial charge in [-0.15, -0.1) is 13.2 Å². The third kappa shape index (κ3) is 6.42. The van der Waals surface area contributed by atoms with Gasteiger partial charge in [-0.1, -0.05) is 19.1 Å². The molecule has 1 saturated carbocycles. The van der Waals surface area contributed by atoms with E-state index in [0.29, 0.717) is 19.3 Å². The van der Waals surface area contributed by atoms with E-state index in [-0.39, 0.29) is 84.2 Å². The Morgan fingerprint density at radius 2 is 1.30 bits per heavy atom. The summed E-state index contributed by atoms with van der Waals surface area (Å²) in [5.74, 6) is -11.0. The summed E-state index contributed by atoms with van der Waals surface area (Å²) >= 11 is 0. The van der Waals surface area contributed by atoms with Crippen LogP contribution in [0.15, 0.2) is 24.3 Å². The van der Waals surface area contributed by atoms with Crippen LogP contribution < -0.4 is 4.74 Å². The molecule has 0 heterocycles. The number of aryl methyl sites for hydroxylation is 2. The number of rotatable bonds is 7. The topological polar surface area (TPSA) is 9.23 Å². The largest absolute Gasteiger partial charge is 0.573 e. The van der Waals surface area contributed by atoms with Gasteiger partial charge in [-0.25, -0.2) is 30.7 Å². The SMILES string of the molecule is CCc1ccc(CCC2CCc3c(F)c(C4CCC(c5cc(F)c(OC(F)(F)F)c(F)c5)CC4)c(F)c(F)c3C2)c(F)c1F. The average molecular weight is 633 g/mol. The second-order valence-electron chi connectivity index (χ2n) is 11.7. The van der Waals surface area contributed by atoms with Crippen LogP contribution in [0.4, 0.5) is 43.9 Å². The van der Waals surface area contributed by atoms with Crippen LogP contribution in [0.2, 0.25) is 0 Å². The molecule has 0 aromatic heterocycles. The Morgan fingerprint density at radius 3 is 1.91 bits per heavy atom. The lowest BCUT2D eigenvalue weighted by molar-refractivity contribution is -0.276. The molecule has 1 atom stereocenters. The van der Waals surface area contributed by atoms with Crippen molar-refractivity contribution >= 4 is 0 Å². The lowest BCUT2D eigenvalue weighted by Crippen LogP contribution is -2.23. The number of benzene rings is 3. The van der Waals surface area contributed by atoms with Crippen molar-refractivity contribution in [1.29, 1.82) is 0 Å². The van der Waals surface area contributed by atoms with E-state index in [1.165, 1.54) is 12.1 Å². The van der Waals surface area contributed by atoms with Gasteiger partial charge in [0.25, 0.3) is 0 Å². The fourth-order valence-corrected chi connectivity index (χ4v) is 6.79. The molecule has 0 saturated heterocycles. The van der Waals surface area contributed by atoms with E-state index in [0.717, 1.165) is 12.1 Å². The molecule has 0 bridgehead atoms. The molecule has 2 aliphatic rings. The van der Waals surface area contributed by atoms with Gasteiger partial charge in [0.2, 0.25) is 5.75 Å². The number of fused-ring (bicyclic) bond motifs is 1. The van der Waals surface area contributed by atoms with Crippen molar-refractivity contribution in [1.82, 2.24) is 0 Å². The summed E-state index contributed by atoms with van der Waals surface area (Å²) in [5, 5.41) is 0. The van der Waals surface area contributed by atoms with E-state index in [4.69, 9.17) is 0 Å². The highest BCUT2D eigenvalue weighted by molar-refractivity contribution is 5.41. The predicted molar refractivity (Wildman–Crippen MR) is 143 cm³/mol. The molecule has 1 fully saturated rings. The van der Waals surface area contributed by atoms with Gasteiger partial charge < -0.3 is 4.74 Å². The van der Waals surface area contributed by atoms with Gasteiger partial charge in [-0.3, -0.25) is 0 Å². The lowest BCUT2D eigenvalue weighted by Gasteiger charge is -2.32. The minimum atomic E-state index is -5.28. The second kappa shape index (κ2) is 12.6. The first-order chi connectivity index (χ1) is 20.8. The molecule has 238 valence electrons. The first-order valence-corrected chi connectivity index (χ1v) is 14.7. The summed E-state index contributed by atoms with van der Waals surface area (Å²) in [6.07, 6.45) is -2.88. The van der Waals surface area contributed by atoms with Gasteiger partial charge in [0, 0.05) is 5.56 Å². The minimum absolute atomic E-state index is 0.0474. The molecular weight excluding hydrogens is 602 g/mol. The molecule has 0 N–H and O–H groups in total. The summed E-state index contributed by atoms with van der Waals surface area (Å²) < 4.78 is 144. The van der Waals surface area contributed by atoms with Gasteiger partial charge in [0.05, 0.1) is 0 Å². The van der Waals surface area contributed by atoms with Crippen molar-refractivity contribution in [2.75, 3.05) is 0 Å². The number of halogens is 10. The van der Waals surface area contributed by atoms with Crippen LogP contribution >= 0.6 is 0 Å². The summed E-state index contributed by atoms with van der Waals surface area (Å²) in [5.41, 5.74) is 0.260. The standard InChI is InChI=1S/C33H30F10O/c1-2-17-6-11-20(28(37)27(17)36)5-3-16-4-12-22-23(13-16)30(39)31(40)26(29(22)38)19-9-7-18(8-10-19)21-14-24(34)32(25(35)15-21)44-33(41,42)43/h6,11,14-16,18-19H,2-5,7-10,12-13H2,1H3. The zero-order valence-corrected chi connectivity index (χ0v) is 23.8. The van der Waals surface area contributed by atoms with E-state index in [2.05, 4.69) is 4.74 Å². The highest BCUT2D eigenvalue weighted by Gasteiger charge is 2.37. The van der Waals surface area contributed by atoms with Gasteiger partial charge in [-0.2, -0.15) is 0 Å². The van der Waals surface area contributed by atoms with Gasteiger partial charge >= 0.3 is 6.36 Å². The van der Waals surface area contributed by atoms with Crippen LogP contribution in [0.1, 0.15) is 90.7 Å². The highest BCUT2D eigenvalue weighted by atomic mass is 19.4. The predicted octanol–water partition coefficient (Wildman–Crippen LogP) is 10.3. The van der Waals surface area contributed by atoms with Crippen LogP contribution in [0.5, 0.6) is 5.75 Å². The maximum atomic E-state index is 15.7. The van der Waals surface area contributed by atoms with Crippen LogP contribution in [-0.2, 0) is 25.7 Å². The van der Waals surface area contributed by atoms with Crippen molar-refractivity contribution < 1.29 is 48.6 Å². The molecule has 11 heteroatoms. The Morgan fingerprint density at radius 1 is 0.705 bits per heavy atom. The smallest absolute Gasteiger partial charge is 0.399 e. The van der Waals surface area contributed by atoms with E-state index >= 15 is 13.2 Å². The maximum absolute atomic E-state index is 15.7. The molecule has 3 aromatic carbocycles. The Labute approximate surface area is 248 Å². The summed E-state index contributed by atoms with van der Waals surface area (Å²) in [6, 6.07) is 4.58. The number of hydrogen-bond acceptors (Lipinski definition) is 1. The van der Waals surface area contributed by atoms with E-state index in [1.807, 2.05) is 0 Å². The van der Waals surface area contributed by atoms with Gasteiger partial charge in [-0.05, 0) is 122 Å². The van der Waals surface area contributed by atoms with Crippen molar-refractivity contribution in [3.63, 3.8) is 0 Å². The Balaban J connectivity index is 1.27. The molecule has 2 aliphatic carbocycles. The lowest BCUT2D eigenvalue weighted by atomic mass is 9.73. The third-order valence-corrected chi connectivity index (χ3v) is 9.15. The molecule has 0 aliphatic heterocycles. The summed E-state index contributed by atoms with van der Waals surface area (Å²) in [7, 11) is 0. The molecule has 1 nitrogen and oxygen atoms in total. The van der Waals surface area contributed by atoms with Crippen LogP contribution in [0, 0.1) is 46.6 Å². The quantitative estimate of drug-likeness (QED) is 0.186. The third-order valence-electron chi connectivity index (χ3n) is 9.15. The van der Waals surface area contributed by atoms with E-state index < -0.39 is 64.7 Å². The monoisotopic (exact) mass is 632 g/mol. The Kier molecular flexibility index (Phi) is 9.23. The second-order valence-corrected chi connectivity index (χ2v) is 11.7. The molecule has 0 radical (unpaired) electrons. The molecule has 5 rings (SSSR count). The highest BCUT2D eigenvalue weighted by Crippen LogP contribution is 2.45.